The molecule has 3 aromatic carbocycles. The molecule has 1 amide bonds. The van der Waals surface area contributed by atoms with Crippen LogP contribution in [0, 0.1) is 0 Å². The van der Waals surface area contributed by atoms with Crippen molar-refractivity contribution < 1.29 is 23.9 Å². The molecule has 0 bridgehead atoms. The van der Waals surface area contributed by atoms with Crippen molar-refractivity contribution in [2.24, 2.45) is 0 Å². The summed E-state index contributed by atoms with van der Waals surface area (Å²) in [6.07, 6.45) is 0. The second-order valence-corrected chi connectivity index (χ2v) is 6.68. The minimum Gasteiger partial charge on any atom is -0.495 e. The van der Waals surface area contributed by atoms with Crippen molar-refractivity contribution in [2.45, 2.75) is 0 Å². The van der Waals surface area contributed by atoms with Crippen LogP contribution >= 0.6 is 11.6 Å². The van der Waals surface area contributed by atoms with Gasteiger partial charge >= 0.3 is 5.97 Å². The number of hydrogen-bond donors (Lipinski definition) is 1. The van der Waals surface area contributed by atoms with E-state index in [1.165, 1.54) is 25.3 Å². The number of halogens is 1. The van der Waals surface area contributed by atoms with Gasteiger partial charge in [0.15, 0.2) is 12.4 Å². The van der Waals surface area contributed by atoms with Crippen molar-refractivity contribution in [2.75, 3.05) is 19.0 Å². The monoisotopic (exact) mass is 423 g/mol. The van der Waals surface area contributed by atoms with Gasteiger partial charge in [0.1, 0.15) is 5.75 Å². The van der Waals surface area contributed by atoms with Crippen molar-refractivity contribution in [3.8, 4) is 5.75 Å². The molecule has 0 unspecified atom stereocenters. The summed E-state index contributed by atoms with van der Waals surface area (Å²) in [7, 11) is 1.46. The van der Waals surface area contributed by atoms with Gasteiger partial charge in [-0.3, -0.25) is 9.59 Å². The lowest BCUT2D eigenvalue weighted by Gasteiger charge is -2.11. The van der Waals surface area contributed by atoms with Crippen LogP contribution < -0.4 is 10.1 Å². The molecule has 0 radical (unpaired) electrons. The molecule has 0 aliphatic heterocycles. The molecule has 0 saturated carbocycles. The van der Waals surface area contributed by atoms with Crippen LogP contribution in [0.3, 0.4) is 0 Å². The highest BCUT2D eigenvalue weighted by Gasteiger charge is 2.14. The molecule has 30 heavy (non-hydrogen) atoms. The smallest absolute Gasteiger partial charge is 0.338 e. The van der Waals surface area contributed by atoms with Gasteiger partial charge in [0.2, 0.25) is 0 Å². The summed E-state index contributed by atoms with van der Waals surface area (Å²) >= 11 is 5.92. The Morgan fingerprint density at radius 2 is 1.50 bits per heavy atom. The van der Waals surface area contributed by atoms with Crippen LogP contribution in [0.4, 0.5) is 5.69 Å². The summed E-state index contributed by atoms with van der Waals surface area (Å²) in [6.45, 7) is -0.487. The molecule has 3 rings (SSSR count). The normalized spacial score (nSPS) is 10.2. The Hall–Kier alpha value is -3.64. The summed E-state index contributed by atoms with van der Waals surface area (Å²) in [5, 5.41) is 3.01. The van der Waals surface area contributed by atoms with Crippen molar-refractivity contribution in [1.29, 1.82) is 0 Å². The Balaban J connectivity index is 1.58. The molecule has 3 aromatic rings. The van der Waals surface area contributed by atoms with Gasteiger partial charge in [-0.25, -0.2) is 4.79 Å². The van der Waals surface area contributed by atoms with Crippen LogP contribution in [0.2, 0.25) is 5.02 Å². The largest absolute Gasteiger partial charge is 0.495 e. The maximum absolute atomic E-state index is 12.4. The number of nitrogens with one attached hydrogen (secondary N) is 1. The van der Waals surface area contributed by atoms with E-state index in [0.29, 0.717) is 27.6 Å². The number of ether oxygens (including phenoxy) is 2. The highest BCUT2D eigenvalue weighted by molar-refractivity contribution is 6.31. The number of benzene rings is 3. The lowest BCUT2D eigenvalue weighted by atomic mass is 10.0. The Labute approximate surface area is 178 Å². The molecular weight excluding hydrogens is 406 g/mol. The SMILES string of the molecule is COc1ccc(Cl)cc1NC(=O)COC(=O)c1ccc(C(=O)c2ccccc2)cc1. The number of carbonyl (C=O) groups is 3. The highest BCUT2D eigenvalue weighted by atomic mass is 35.5. The zero-order valence-corrected chi connectivity index (χ0v) is 16.8. The molecule has 0 aliphatic carbocycles. The van der Waals surface area contributed by atoms with Crippen molar-refractivity contribution in [3.05, 3.63) is 94.5 Å². The average molecular weight is 424 g/mol. The first-order valence-electron chi connectivity index (χ1n) is 8.98. The first-order valence-corrected chi connectivity index (χ1v) is 9.36. The predicted octanol–water partition coefficient (Wildman–Crippen LogP) is 4.38. The third kappa shape index (κ3) is 5.24. The van der Waals surface area contributed by atoms with E-state index in [1.807, 2.05) is 6.07 Å². The maximum Gasteiger partial charge on any atom is 0.338 e. The quantitative estimate of drug-likeness (QED) is 0.450. The molecule has 0 aliphatic rings. The van der Waals surface area contributed by atoms with Crippen LogP contribution in [-0.2, 0) is 9.53 Å². The first kappa shape index (κ1) is 21.1. The van der Waals surface area contributed by atoms with E-state index in [9.17, 15) is 14.4 Å². The molecular formula is C23H18ClNO5. The fourth-order valence-electron chi connectivity index (χ4n) is 2.69. The molecule has 0 fully saturated rings. The number of methoxy groups -OCH3 is 1. The van der Waals surface area contributed by atoms with E-state index < -0.39 is 18.5 Å². The molecule has 1 N–H and O–H groups in total. The van der Waals surface area contributed by atoms with Gasteiger partial charge in [-0.2, -0.15) is 0 Å². The lowest BCUT2D eigenvalue weighted by molar-refractivity contribution is -0.119. The van der Waals surface area contributed by atoms with E-state index >= 15 is 0 Å². The van der Waals surface area contributed by atoms with Crippen LogP contribution in [0.25, 0.3) is 0 Å². The van der Waals surface area contributed by atoms with Crippen LogP contribution in [-0.4, -0.2) is 31.4 Å². The maximum atomic E-state index is 12.4. The average Bonchev–Trinajstić information content (AvgIpc) is 2.78. The van der Waals surface area contributed by atoms with Gasteiger partial charge in [0.25, 0.3) is 5.91 Å². The molecule has 0 atom stereocenters. The van der Waals surface area contributed by atoms with Crippen LogP contribution in [0.1, 0.15) is 26.3 Å². The van der Waals surface area contributed by atoms with E-state index in [1.54, 1.807) is 48.5 Å². The lowest BCUT2D eigenvalue weighted by Crippen LogP contribution is -2.21. The minimum absolute atomic E-state index is 0.148. The third-order valence-corrected chi connectivity index (χ3v) is 4.42. The predicted molar refractivity (Wildman–Crippen MR) is 113 cm³/mol. The fraction of sp³-hybridized carbons (Fsp3) is 0.0870. The molecule has 0 heterocycles. The number of amides is 1. The van der Waals surface area contributed by atoms with Gasteiger partial charge in [0, 0.05) is 16.1 Å². The van der Waals surface area contributed by atoms with Gasteiger partial charge in [-0.15, -0.1) is 0 Å². The minimum atomic E-state index is -0.679. The Morgan fingerprint density at radius 1 is 0.867 bits per heavy atom. The van der Waals surface area contributed by atoms with E-state index in [-0.39, 0.29) is 11.3 Å². The molecule has 152 valence electrons. The highest BCUT2D eigenvalue weighted by Crippen LogP contribution is 2.27. The first-order chi connectivity index (χ1) is 14.5. The molecule has 0 spiro atoms. The van der Waals surface area contributed by atoms with E-state index in [0.717, 1.165) is 0 Å². The zero-order valence-electron chi connectivity index (χ0n) is 16.1. The Bertz CT molecular complexity index is 1060. The van der Waals surface area contributed by atoms with Gasteiger partial charge in [-0.1, -0.05) is 54.1 Å². The molecule has 0 aromatic heterocycles. The second kappa shape index (κ2) is 9.71. The molecule has 6 nitrogen and oxygen atoms in total. The number of carbonyl (C=O) groups excluding carboxylic acids is 3. The van der Waals surface area contributed by atoms with Crippen LogP contribution in [0.5, 0.6) is 5.75 Å². The van der Waals surface area contributed by atoms with Crippen molar-refractivity contribution in [3.63, 3.8) is 0 Å². The zero-order chi connectivity index (χ0) is 21.5. The summed E-state index contributed by atoms with van der Waals surface area (Å²) in [6, 6.07) is 19.7. The molecule has 7 heteroatoms. The number of anilines is 1. The van der Waals surface area contributed by atoms with Crippen LogP contribution in [0.15, 0.2) is 72.8 Å². The summed E-state index contributed by atoms with van der Waals surface area (Å²) in [5.41, 5.74) is 1.60. The third-order valence-electron chi connectivity index (χ3n) is 4.19. The van der Waals surface area contributed by atoms with Crippen molar-refractivity contribution >= 4 is 34.9 Å². The number of rotatable bonds is 7. The van der Waals surface area contributed by atoms with Gasteiger partial charge in [0.05, 0.1) is 18.4 Å². The van der Waals surface area contributed by atoms with E-state index in [4.69, 9.17) is 21.1 Å². The van der Waals surface area contributed by atoms with E-state index in [2.05, 4.69) is 5.32 Å². The summed E-state index contributed by atoms with van der Waals surface area (Å²) in [4.78, 5) is 36.7. The van der Waals surface area contributed by atoms with Gasteiger partial charge < -0.3 is 14.8 Å². The summed E-state index contributed by atoms with van der Waals surface area (Å²) < 4.78 is 10.2. The van der Waals surface area contributed by atoms with Gasteiger partial charge in [-0.05, 0) is 30.3 Å². The fourth-order valence-corrected chi connectivity index (χ4v) is 2.86. The van der Waals surface area contributed by atoms with Crippen molar-refractivity contribution in [1.82, 2.24) is 0 Å². The Morgan fingerprint density at radius 3 is 2.17 bits per heavy atom. The number of ketones is 1. The number of hydrogen-bond acceptors (Lipinski definition) is 5. The summed E-state index contributed by atoms with van der Waals surface area (Å²) in [5.74, 6) is -0.940. The Kier molecular flexibility index (Phi) is 6.83. The standard InChI is InChI=1S/C23H18ClNO5/c1-29-20-12-11-18(24)13-19(20)25-21(26)14-30-23(28)17-9-7-16(8-10-17)22(27)15-5-3-2-4-6-15/h2-13H,14H2,1H3,(H,25,26). The molecule has 0 saturated heterocycles. The number of esters is 1. The second-order valence-electron chi connectivity index (χ2n) is 6.24. The topological polar surface area (TPSA) is 81.7 Å².